The molecule has 4 nitrogen and oxygen atoms in total. The zero-order valence-corrected chi connectivity index (χ0v) is 8.75. The van der Waals surface area contributed by atoms with Crippen molar-refractivity contribution in [1.82, 2.24) is 5.32 Å². The first kappa shape index (κ1) is 11.6. The highest BCUT2D eigenvalue weighted by atomic mass is 16.5. The van der Waals surface area contributed by atoms with Crippen LogP contribution in [0.4, 0.5) is 0 Å². The number of Topliss-reactive ketones (excluding diaryl/α,β-unsaturated/α-hetero) is 1. The van der Waals surface area contributed by atoms with Crippen LogP contribution in [0.3, 0.4) is 0 Å². The van der Waals surface area contributed by atoms with Gasteiger partial charge in [0.25, 0.3) is 0 Å². The number of carbonyl (C=O) groups is 1. The van der Waals surface area contributed by atoms with Crippen molar-refractivity contribution in [3.05, 3.63) is 0 Å². The summed E-state index contributed by atoms with van der Waals surface area (Å²) in [5.74, 6) is 0.0328. The Morgan fingerprint density at radius 2 is 2.07 bits per heavy atom. The Balaban J connectivity index is 2.03. The van der Waals surface area contributed by atoms with Gasteiger partial charge in [0.05, 0.1) is 6.10 Å². The van der Waals surface area contributed by atoms with Crippen LogP contribution in [-0.2, 0) is 14.3 Å². The number of piperidine rings is 1. The molecule has 82 valence electrons. The molecule has 0 aromatic carbocycles. The van der Waals surface area contributed by atoms with Gasteiger partial charge in [0.15, 0.2) is 5.78 Å². The average molecular weight is 201 g/mol. The minimum absolute atomic E-state index is 0.0328. The lowest BCUT2D eigenvalue weighted by molar-refractivity contribution is -0.130. The van der Waals surface area contributed by atoms with E-state index in [0.29, 0.717) is 6.61 Å². The molecule has 0 saturated carbocycles. The monoisotopic (exact) mass is 201 g/mol. The first-order valence-corrected chi connectivity index (χ1v) is 5.24. The van der Waals surface area contributed by atoms with E-state index in [-0.39, 0.29) is 25.1 Å². The Morgan fingerprint density at radius 1 is 1.36 bits per heavy atom. The van der Waals surface area contributed by atoms with Crippen molar-refractivity contribution < 1.29 is 14.3 Å². The van der Waals surface area contributed by atoms with Crippen LogP contribution in [0.15, 0.2) is 0 Å². The van der Waals surface area contributed by atoms with Gasteiger partial charge in [-0.05, 0) is 32.9 Å². The van der Waals surface area contributed by atoms with Gasteiger partial charge in [0.1, 0.15) is 13.2 Å². The molecule has 0 radical (unpaired) electrons. The quantitative estimate of drug-likeness (QED) is 0.674. The molecule has 1 aliphatic heterocycles. The van der Waals surface area contributed by atoms with Gasteiger partial charge < -0.3 is 14.8 Å². The van der Waals surface area contributed by atoms with Crippen LogP contribution in [0, 0.1) is 0 Å². The predicted octanol–water partition coefficient (Wildman–Crippen LogP) is 0.361. The third-order valence-electron chi connectivity index (χ3n) is 2.23. The number of nitrogens with one attached hydrogen (secondary N) is 1. The number of hydrogen-bond acceptors (Lipinski definition) is 4. The smallest absolute Gasteiger partial charge is 0.183 e. The van der Waals surface area contributed by atoms with Crippen LogP contribution >= 0.6 is 0 Å². The summed E-state index contributed by atoms with van der Waals surface area (Å²) in [7, 11) is 0. The summed E-state index contributed by atoms with van der Waals surface area (Å²) in [6.45, 7) is 4.82. The van der Waals surface area contributed by atoms with Crippen LogP contribution in [0.1, 0.15) is 19.8 Å². The van der Waals surface area contributed by atoms with Gasteiger partial charge in [0.2, 0.25) is 0 Å². The Hall–Kier alpha value is -0.450. The first-order chi connectivity index (χ1) is 6.83. The maximum absolute atomic E-state index is 11.2. The van der Waals surface area contributed by atoms with Crippen LogP contribution < -0.4 is 5.32 Å². The molecule has 14 heavy (non-hydrogen) atoms. The summed E-state index contributed by atoms with van der Waals surface area (Å²) >= 11 is 0. The second-order valence-corrected chi connectivity index (χ2v) is 3.44. The lowest BCUT2D eigenvalue weighted by Crippen LogP contribution is -2.33. The zero-order chi connectivity index (χ0) is 10.2. The van der Waals surface area contributed by atoms with Crippen LogP contribution in [-0.4, -0.2) is 44.8 Å². The highest BCUT2D eigenvalue weighted by molar-refractivity contribution is 5.80. The fourth-order valence-electron chi connectivity index (χ4n) is 1.43. The van der Waals surface area contributed by atoms with Gasteiger partial charge in [0, 0.05) is 6.61 Å². The molecular formula is C10H19NO3. The third kappa shape index (κ3) is 4.69. The van der Waals surface area contributed by atoms with E-state index >= 15 is 0 Å². The minimum atomic E-state index is 0.0328. The SMILES string of the molecule is CCOCC(=O)COC1CCNCC1. The number of hydrogen-bond donors (Lipinski definition) is 1. The third-order valence-corrected chi connectivity index (χ3v) is 2.23. The molecule has 0 atom stereocenters. The fraction of sp³-hybridized carbons (Fsp3) is 0.900. The maximum atomic E-state index is 11.2. The number of ketones is 1. The molecule has 0 aliphatic carbocycles. The Labute approximate surface area is 85.0 Å². The highest BCUT2D eigenvalue weighted by Crippen LogP contribution is 2.06. The van der Waals surface area contributed by atoms with Crippen molar-refractivity contribution in [2.45, 2.75) is 25.9 Å². The maximum Gasteiger partial charge on any atom is 0.183 e. The average Bonchev–Trinajstić information content (AvgIpc) is 2.25. The lowest BCUT2D eigenvalue weighted by Gasteiger charge is -2.22. The molecule has 0 aromatic rings. The zero-order valence-electron chi connectivity index (χ0n) is 8.75. The number of rotatable bonds is 6. The fourth-order valence-corrected chi connectivity index (χ4v) is 1.43. The normalized spacial score (nSPS) is 18.4. The first-order valence-electron chi connectivity index (χ1n) is 5.24. The van der Waals surface area contributed by atoms with Crippen molar-refractivity contribution in [3.8, 4) is 0 Å². The van der Waals surface area contributed by atoms with Crippen molar-refractivity contribution in [3.63, 3.8) is 0 Å². The molecule has 1 rings (SSSR count). The van der Waals surface area contributed by atoms with E-state index in [0.717, 1.165) is 25.9 Å². The summed E-state index contributed by atoms with van der Waals surface area (Å²) < 4.78 is 10.5. The Morgan fingerprint density at radius 3 is 2.71 bits per heavy atom. The number of carbonyl (C=O) groups excluding carboxylic acids is 1. The Bertz CT molecular complexity index is 167. The molecule has 1 heterocycles. The molecule has 1 saturated heterocycles. The Kier molecular flexibility index (Phi) is 5.75. The molecule has 0 unspecified atom stereocenters. The number of ether oxygens (including phenoxy) is 2. The molecule has 0 aromatic heterocycles. The van der Waals surface area contributed by atoms with Gasteiger partial charge >= 0.3 is 0 Å². The lowest BCUT2D eigenvalue weighted by atomic mass is 10.1. The van der Waals surface area contributed by atoms with Crippen molar-refractivity contribution in [1.29, 1.82) is 0 Å². The second kappa shape index (κ2) is 6.92. The van der Waals surface area contributed by atoms with E-state index in [9.17, 15) is 4.79 Å². The van der Waals surface area contributed by atoms with Gasteiger partial charge in [-0.15, -0.1) is 0 Å². The molecule has 4 heteroatoms. The van der Waals surface area contributed by atoms with Gasteiger partial charge in [-0.1, -0.05) is 0 Å². The summed E-state index contributed by atoms with van der Waals surface area (Å²) in [6.07, 6.45) is 2.26. The van der Waals surface area contributed by atoms with E-state index in [1.807, 2.05) is 6.92 Å². The molecule has 1 fully saturated rings. The molecule has 0 amide bonds. The van der Waals surface area contributed by atoms with Crippen LogP contribution in [0.25, 0.3) is 0 Å². The molecule has 1 N–H and O–H groups in total. The summed E-state index contributed by atoms with van der Waals surface area (Å²) in [5.41, 5.74) is 0. The van der Waals surface area contributed by atoms with Crippen LogP contribution in [0.5, 0.6) is 0 Å². The van der Waals surface area contributed by atoms with Crippen molar-refractivity contribution in [2.75, 3.05) is 32.9 Å². The summed E-state index contributed by atoms with van der Waals surface area (Å²) in [5, 5.41) is 3.25. The summed E-state index contributed by atoms with van der Waals surface area (Å²) in [4.78, 5) is 11.2. The molecule has 0 spiro atoms. The van der Waals surface area contributed by atoms with Crippen LogP contribution in [0.2, 0.25) is 0 Å². The molecule has 1 aliphatic rings. The minimum Gasteiger partial charge on any atom is -0.374 e. The van der Waals surface area contributed by atoms with E-state index in [1.165, 1.54) is 0 Å². The van der Waals surface area contributed by atoms with Crippen molar-refractivity contribution >= 4 is 5.78 Å². The summed E-state index contributed by atoms with van der Waals surface area (Å²) in [6, 6.07) is 0. The molecule has 0 bridgehead atoms. The second-order valence-electron chi connectivity index (χ2n) is 3.44. The van der Waals surface area contributed by atoms with E-state index in [2.05, 4.69) is 5.32 Å². The topological polar surface area (TPSA) is 47.6 Å². The van der Waals surface area contributed by atoms with E-state index < -0.39 is 0 Å². The van der Waals surface area contributed by atoms with Gasteiger partial charge in [-0.3, -0.25) is 4.79 Å². The largest absolute Gasteiger partial charge is 0.374 e. The molecular weight excluding hydrogens is 182 g/mol. The van der Waals surface area contributed by atoms with Crippen molar-refractivity contribution in [2.24, 2.45) is 0 Å². The van der Waals surface area contributed by atoms with Gasteiger partial charge in [-0.2, -0.15) is 0 Å². The van der Waals surface area contributed by atoms with Gasteiger partial charge in [-0.25, -0.2) is 0 Å². The van der Waals surface area contributed by atoms with E-state index in [1.54, 1.807) is 0 Å². The highest BCUT2D eigenvalue weighted by Gasteiger charge is 2.14. The standard InChI is InChI=1S/C10H19NO3/c1-2-13-7-9(12)8-14-10-3-5-11-6-4-10/h10-11H,2-8H2,1H3. The predicted molar refractivity (Wildman–Crippen MR) is 53.3 cm³/mol. The van der Waals surface area contributed by atoms with E-state index in [4.69, 9.17) is 9.47 Å².